The molecule has 0 radical (unpaired) electrons. The molecule has 4 rings (SSSR count). The number of para-hydroxylation sites is 1. The molecular formula is C22H21N3O5. The normalized spacial score (nSPS) is 13.2. The van der Waals surface area contributed by atoms with E-state index in [2.05, 4.69) is 9.97 Å². The molecule has 0 unspecified atom stereocenters. The number of aryl methyl sites for hydroxylation is 2. The Morgan fingerprint density at radius 1 is 1.23 bits per heavy atom. The second-order valence-electron chi connectivity index (χ2n) is 7.13. The van der Waals surface area contributed by atoms with E-state index in [4.69, 9.17) is 9.84 Å². The maximum Gasteiger partial charge on any atom is 0.303 e. The Balaban J connectivity index is 1.83. The average Bonchev–Trinajstić information content (AvgIpc) is 2.76. The highest BCUT2D eigenvalue weighted by Crippen LogP contribution is 2.32. The summed E-state index contributed by atoms with van der Waals surface area (Å²) in [5, 5.41) is 8.88. The monoisotopic (exact) mass is 407 g/mol. The second kappa shape index (κ2) is 7.98. The lowest BCUT2D eigenvalue weighted by Gasteiger charge is -2.30. The minimum absolute atomic E-state index is 0.00934. The van der Waals surface area contributed by atoms with Crippen molar-refractivity contribution in [2.75, 3.05) is 18.6 Å². The van der Waals surface area contributed by atoms with Gasteiger partial charge in [-0.1, -0.05) is 18.2 Å². The summed E-state index contributed by atoms with van der Waals surface area (Å²) in [7, 11) is 1.47. The number of carboxylic acids is 1. The van der Waals surface area contributed by atoms with Gasteiger partial charge < -0.3 is 19.7 Å². The van der Waals surface area contributed by atoms with Gasteiger partial charge in [-0.15, -0.1) is 0 Å². The highest BCUT2D eigenvalue weighted by atomic mass is 16.5. The molecule has 0 spiro atoms. The number of carbonyl (C=O) groups excluding carboxylic acids is 1. The first-order valence-electron chi connectivity index (χ1n) is 9.71. The van der Waals surface area contributed by atoms with Gasteiger partial charge in [0.2, 0.25) is 0 Å². The van der Waals surface area contributed by atoms with Crippen LogP contribution < -0.4 is 15.2 Å². The number of hydrogen-bond donors (Lipinski definition) is 2. The first kappa shape index (κ1) is 19.6. The van der Waals surface area contributed by atoms with Crippen LogP contribution in [0.3, 0.4) is 0 Å². The van der Waals surface area contributed by atoms with Crippen LogP contribution in [0.25, 0.3) is 11.0 Å². The number of carboxylic acid groups (broad SMARTS) is 1. The van der Waals surface area contributed by atoms with Gasteiger partial charge in [0.15, 0.2) is 0 Å². The molecule has 0 aliphatic carbocycles. The average molecular weight is 407 g/mol. The van der Waals surface area contributed by atoms with Crippen molar-refractivity contribution in [2.24, 2.45) is 0 Å². The summed E-state index contributed by atoms with van der Waals surface area (Å²) < 4.78 is 5.43. The zero-order valence-electron chi connectivity index (χ0n) is 16.5. The Hall–Kier alpha value is -3.68. The summed E-state index contributed by atoms with van der Waals surface area (Å²) in [6.07, 6.45) is 1.55. The molecule has 1 aliphatic heterocycles. The zero-order chi connectivity index (χ0) is 21.3. The number of ether oxygens (including phenoxy) is 1. The Morgan fingerprint density at radius 3 is 2.80 bits per heavy atom. The molecular weight excluding hydrogens is 386 g/mol. The van der Waals surface area contributed by atoms with Crippen molar-refractivity contribution in [3.05, 3.63) is 63.6 Å². The van der Waals surface area contributed by atoms with E-state index in [-0.39, 0.29) is 35.5 Å². The predicted molar refractivity (Wildman–Crippen MR) is 111 cm³/mol. The largest absolute Gasteiger partial charge is 0.496 e. The maximum atomic E-state index is 13.6. The number of nitrogens with one attached hydrogen (secondary N) is 1. The molecule has 2 aromatic carbocycles. The number of benzene rings is 2. The summed E-state index contributed by atoms with van der Waals surface area (Å²) >= 11 is 0. The van der Waals surface area contributed by atoms with E-state index in [0.29, 0.717) is 17.8 Å². The molecule has 1 aliphatic rings. The van der Waals surface area contributed by atoms with Gasteiger partial charge in [0.25, 0.3) is 11.5 Å². The van der Waals surface area contributed by atoms with E-state index in [1.165, 1.54) is 7.11 Å². The number of aliphatic carboxylic acids is 1. The van der Waals surface area contributed by atoms with Crippen molar-refractivity contribution in [1.82, 2.24) is 9.97 Å². The highest BCUT2D eigenvalue weighted by Gasteiger charge is 2.28. The summed E-state index contributed by atoms with van der Waals surface area (Å²) in [6.45, 7) is 0.559. The Labute approximate surface area is 172 Å². The molecule has 3 aromatic rings. The quantitative estimate of drug-likeness (QED) is 0.672. The molecule has 0 saturated heterocycles. The summed E-state index contributed by atoms with van der Waals surface area (Å²) in [5.74, 6) is -0.947. The number of amides is 1. The fourth-order valence-electron chi connectivity index (χ4n) is 3.83. The predicted octanol–water partition coefficient (Wildman–Crippen LogP) is 2.54. The Kier molecular flexibility index (Phi) is 5.22. The second-order valence-corrected chi connectivity index (χ2v) is 7.13. The molecule has 154 valence electrons. The summed E-state index contributed by atoms with van der Waals surface area (Å²) in [4.78, 5) is 45.7. The first-order valence-corrected chi connectivity index (χ1v) is 9.71. The van der Waals surface area contributed by atoms with E-state index in [1.807, 2.05) is 24.3 Å². The summed E-state index contributed by atoms with van der Waals surface area (Å²) in [5.41, 5.74) is 2.49. The third-order valence-electron chi connectivity index (χ3n) is 5.27. The lowest BCUT2D eigenvalue weighted by molar-refractivity contribution is -0.136. The number of methoxy groups -OCH3 is 1. The van der Waals surface area contributed by atoms with Crippen LogP contribution in [0.1, 0.15) is 34.5 Å². The van der Waals surface area contributed by atoms with Gasteiger partial charge in [-0.2, -0.15) is 0 Å². The fourth-order valence-corrected chi connectivity index (χ4v) is 3.83. The molecule has 2 heterocycles. The lowest BCUT2D eigenvalue weighted by Crippen LogP contribution is -2.36. The minimum atomic E-state index is -1.01. The van der Waals surface area contributed by atoms with E-state index in [9.17, 15) is 14.4 Å². The number of aromatic amines is 1. The molecule has 8 heteroatoms. The van der Waals surface area contributed by atoms with Crippen LogP contribution in [-0.4, -0.2) is 40.6 Å². The van der Waals surface area contributed by atoms with Crippen LogP contribution >= 0.6 is 0 Å². The molecule has 1 aromatic heterocycles. The van der Waals surface area contributed by atoms with E-state index < -0.39 is 11.5 Å². The van der Waals surface area contributed by atoms with Gasteiger partial charge in [-0.05, 0) is 36.6 Å². The summed E-state index contributed by atoms with van der Waals surface area (Å²) in [6, 6.07) is 11.0. The van der Waals surface area contributed by atoms with Crippen molar-refractivity contribution < 1.29 is 19.4 Å². The third-order valence-corrected chi connectivity index (χ3v) is 5.27. The van der Waals surface area contributed by atoms with Crippen molar-refractivity contribution >= 4 is 28.6 Å². The standard InChI is InChI=1S/C22H21N3O5/c1-30-17-10-8-14-20(24-21(28)15(23-14)9-11-18(26)27)19(17)22(29)25-12-4-6-13-5-2-3-7-16(13)25/h2-3,5,7-8,10H,4,6,9,11-12H2,1H3,(H,24,28)(H,26,27). The maximum absolute atomic E-state index is 13.6. The number of H-pyrrole nitrogens is 1. The van der Waals surface area contributed by atoms with Gasteiger partial charge in [-0.25, -0.2) is 4.98 Å². The number of rotatable bonds is 5. The first-order chi connectivity index (χ1) is 14.5. The van der Waals surface area contributed by atoms with Crippen molar-refractivity contribution in [3.63, 3.8) is 0 Å². The van der Waals surface area contributed by atoms with Gasteiger partial charge >= 0.3 is 5.97 Å². The van der Waals surface area contributed by atoms with Crippen LogP contribution in [0.5, 0.6) is 5.75 Å². The van der Waals surface area contributed by atoms with Crippen LogP contribution in [-0.2, 0) is 17.6 Å². The topological polar surface area (TPSA) is 113 Å². The van der Waals surface area contributed by atoms with Gasteiger partial charge in [-0.3, -0.25) is 14.4 Å². The molecule has 2 N–H and O–H groups in total. The Bertz CT molecular complexity index is 1200. The smallest absolute Gasteiger partial charge is 0.303 e. The number of hydrogen-bond acceptors (Lipinski definition) is 5. The minimum Gasteiger partial charge on any atom is -0.496 e. The Morgan fingerprint density at radius 2 is 2.03 bits per heavy atom. The number of fused-ring (bicyclic) bond motifs is 2. The highest BCUT2D eigenvalue weighted by molar-refractivity contribution is 6.15. The number of anilines is 1. The molecule has 0 fully saturated rings. The molecule has 0 bridgehead atoms. The van der Waals surface area contributed by atoms with Crippen LogP contribution in [0, 0.1) is 0 Å². The third kappa shape index (κ3) is 3.52. The van der Waals surface area contributed by atoms with Crippen molar-refractivity contribution in [3.8, 4) is 5.75 Å². The molecule has 30 heavy (non-hydrogen) atoms. The van der Waals surface area contributed by atoms with Crippen LogP contribution in [0.2, 0.25) is 0 Å². The number of aromatic nitrogens is 2. The van der Waals surface area contributed by atoms with E-state index >= 15 is 0 Å². The molecule has 0 saturated carbocycles. The van der Waals surface area contributed by atoms with Crippen LogP contribution in [0.4, 0.5) is 5.69 Å². The number of carbonyl (C=O) groups is 2. The fraction of sp³-hybridized carbons (Fsp3) is 0.273. The molecule has 0 atom stereocenters. The van der Waals surface area contributed by atoms with Gasteiger partial charge in [0.1, 0.15) is 17.0 Å². The lowest BCUT2D eigenvalue weighted by atomic mass is 10.00. The molecule has 8 nitrogen and oxygen atoms in total. The number of nitrogens with zero attached hydrogens (tertiary/aromatic N) is 2. The van der Waals surface area contributed by atoms with Crippen molar-refractivity contribution in [1.29, 1.82) is 0 Å². The van der Waals surface area contributed by atoms with E-state index in [1.54, 1.807) is 17.0 Å². The SMILES string of the molecule is COc1ccc2nc(CCC(=O)O)c(=O)[nH]c2c1C(=O)N1CCCc2ccccc21. The van der Waals surface area contributed by atoms with E-state index in [0.717, 1.165) is 24.1 Å². The zero-order valence-corrected chi connectivity index (χ0v) is 16.5. The van der Waals surface area contributed by atoms with Gasteiger partial charge in [0.05, 0.1) is 24.6 Å². The van der Waals surface area contributed by atoms with Gasteiger partial charge in [0, 0.05) is 18.7 Å². The van der Waals surface area contributed by atoms with Crippen LogP contribution in [0.15, 0.2) is 41.2 Å². The van der Waals surface area contributed by atoms with Crippen molar-refractivity contribution in [2.45, 2.75) is 25.7 Å². The molecule has 1 amide bonds.